The van der Waals surface area contributed by atoms with Gasteiger partial charge in [-0.3, -0.25) is 4.31 Å². The Balaban J connectivity index is 1.85. The Morgan fingerprint density at radius 2 is 1.83 bits per heavy atom. The van der Waals surface area contributed by atoms with E-state index >= 15 is 0 Å². The molecule has 0 spiro atoms. The fourth-order valence-electron chi connectivity index (χ4n) is 3.10. The average Bonchev–Trinajstić information content (AvgIpc) is 2.91. The van der Waals surface area contributed by atoms with Crippen LogP contribution in [0.3, 0.4) is 0 Å². The zero-order chi connectivity index (χ0) is 17.3. The van der Waals surface area contributed by atoms with Crippen molar-refractivity contribution in [2.45, 2.75) is 25.1 Å². The number of carbonyl (C=O) groups excluding carboxylic acids is 1. The van der Waals surface area contributed by atoms with Gasteiger partial charge in [0.05, 0.1) is 24.1 Å². The van der Waals surface area contributed by atoms with Gasteiger partial charge in [-0.05, 0) is 42.7 Å². The minimum atomic E-state index is -3.50. The fourth-order valence-corrected chi connectivity index (χ4v) is 4.95. The Labute approximate surface area is 141 Å². The van der Waals surface area contributed by atoms with Crippen LogP contribution in [0.2, 0.25) is 0 Å². The number of methoxy groups -OCH3 is 1. The van der Waals surface area contributed by atoms with Gasteiger partial charge in [0, 0.05) is 6.04 Å². The fraction of sp³-hybridized carbons (Fsp3) is 0.278. The van der Waals surface area contributed by atoms with Crippen molar-refractivity contribution in [1.29, 1.82) is 0 Å². The summed E-state index contributed by atoms with van der Waals surface area (Å²) in [5, 5.41) is 0. The van der Waals surface area contributed by atoms with E-state index in [9.17, 15) is 13.2 Å². The Bertz CT molecular complexity index is 859. The van der Waals surface area contributed by atoms with Crippen molar-refractivity contribution in [1.82, 2.24) is 0 Å². The van der Waals surface area contributed by atoms with Crippen molar-refractivity contribution in [2.75, 3.05) is 11.4 Å². The molecule has 0 saturated heterocycles. The van der Waals surface area contributed by atoms with Crippen LogP contribution in [0.5, 0.6) is 0 Å². The third-order valence-corrected chi connectivity index (χ3v) is 6.02. The van der Waals surface area contributed by atoms with Crippen LogP contribution in [0.4, 0.5) is 5.69 Å². The molecule has 5 nitrogen and oxygen atoms in total. The van der Waals surface area contributed by atoms with E-state index in [1.165, 1.54) is 11.4 Å². The van der Waals surface area contributed by atoms with Gasteiger partial charge >= 0.3 is 5.97 Å². The molecule has 24 heavy (non-hydrogen) atoms. The van der Waals surface area contributed by atoms with Gasteiger partial charge in [0.25, 0.3) is 0 Å². The summed E-state index contributed by atoms with van der Waals surface area (Å²) < 4.78 is 31.9. The lowest BCUT2D eigenvalue weighted by Gasteiger charge is -2.24. The lowest BCUT2D eigenvalue weighted by Crippen LogP contribution is -2.36. The molecule has 1 aliphatic heterocycles. The first-order chi connectivity index (χ1) is 11.4. The van der Waals surface area contributed by atoms with Crippen LogP contribution in [-0.4, -0.2) is 27.5 Å². The number of rotatable bonds is 4. The monoisotopic (exact) mass is 345 g/mol. The number of fused-ring (bicyclic) bond motifs is 1. The van der Waals surface area contributed by atoms with Crippen LogP contribution in [0, 0.1) is 0 Å². The second kappa shape index (κ2) is 6.28. The van der Waals surface area contributed by atoms with Gasteiger partial charge in [-0.25, -0.2) is 13.2 Å². The van der Waals surface area contributed by atoms with Crippen LogP contribution in [-0.2, 0) is 26.9 Å². The first kappa shape index (κ1) is 16.5. The highest BCUT2D eigenvalue weighted by Gasteiger charge is 2.34. The molecule has 0 N–H and O–H groups in total. The highest BCUT2D eigenvalue weighted by Crippen LogP contribution is 2.35. The number of esters is 1. The quantitative estimate of drug-likeness (QED) is 0.799. The van der Waals surface area contributed by atoms with Crippen LogP contribution in [0.15, 0.2) is 48.5 Å². The van der Waals surface area contributed by atoms with E-state index < -0.39 is 16.0 Å². The number of nitrogens with zero attached hydrogens (tertiary/aromatic N) is 1. The SMILES string of the molecule is COC(=O)c1ccc(CS(=O)(=O)N2c3ccccc3C[C@H]2C)cc1. The largest absolute Gasteiger partial charge is 0.465 e. The number of carbonyl (C=O) groups is 1. The molecule has 6 heteroatoms. The molecule has 0 aromatic heterocycles. The molecule has 0 unspecified atom stereocenters. The van der Waals surface area contributed by atoms with Gasteiger partial charge in [0.2, 0.25) is 10.0 Å². The van der Waals surface area contributed by atoms with Crippen LogP contribution >= 0.6 is 0 Å². The van der Waals surface area contributed by atoms with Gasteiger partial charge in [0.15, 0.2) is 0 Å². The van der Waals surface area contributed by atoms with Crippen molar-refractivity contribution in [3.8, 4) is 0 Å². The molecule has 1 atom stereocenters. The number of benzene rings is 2. The van der Waals surface area contributed by atoms with Crippen molar-refractivity contribution >= 4 is 21.7 Å². The average molecular weight is 345 g/mol. The second-order valence-electron chi connectivity index (χ2n) is 5.92. The standard InChI is InChI=1S/C18H19NO4S/c1-13-11-16-5-3-4-6-17(16)19(13)24(21,22)12-14-7-9-15(10-8-14)18(20)23-2/h3-10,13H,11-12H2,1-2H3/t13-/m1/s1. The lowest BCUT2D eigenvalue weighted by molar-refractivity contribution is 0.0600. The zero-order valence-electron chi connectivity index (χ0n) is 13.6. The second-order valence-corrected chi connectivity index (χ2v) is 7.77. The normalized spacial score (nSPS) is 16.8. The Morgan fingerprint density at radius 1 is 1.17 bits per heavy atom. The van der Waals surface area contributed by atoms with E-state index in [0.29, 0.717) is 11.1 Å². The predicted molar refractivity (Wildman–Crippen MR) is 92.5 cm³/mol. The number of para-hydroxylation sites is 1. The molecule has 0 amide bonds. The van der Waals surface area contributed by atoms with Gasteiger partial charge < -0.3 is 4.74 Å². The van der Waals surface area contributed by atoms with Crippen molar-refractivity contribution in [3.05, 3.63) is 65.2 Å². The number of hydrogen-bond donors (Lipinski definition) is 0. The molecule has 1 heterocycles. The molecule has 0 fully saturated rings. The number of ether oxygens (including phenoxy) is 1. The summed E-state index contributed by atoms with van der Waals surface area (Å²) in [6.07, 6.45) is 0.719. The molecule has 0 bridgehead atoms. The molecule has 2 aromatic rings. The maximum absolute atomic E-state index is 12.9. The van der Waals surface area contributed by atoms with Gasteiger partial charge in [-0.1, -0.05) is 30.3 Å². The van der Waals surface area contributed by atoms with E-state index in [1.54, 1.807) is 24.3 Å². The summed E-state index contributed by atoms with van der Waals surface area (Å²) in [4.78, 5) is 11.5. The van der Waals surface area contributed by atoms with Crippen LogP contribution in [0.1, 0.15) is 28.4 Å². The topological polar surface area (TPSA) is 63.7 Å². The third kappa shape index (κ3) is 3.01. The lowest BCUT2D eigenvalue weighted by atomic mass is 10.1. The summed E-state index contributed by atoms with van der Waals surface area (Å²) in [6, 6.07) is 14.0. The first-order valence-corrected chi connectivity index (χ1v) is 9.30. The molecule has 2 aromatic carbocycles. The summed E-state index contributed by atoms with van der Waals surface area (Å²) in [6.45, 7) is 1.91. The summed E-state index contributed by atoms with van der Waals surface area (Å²) in [7, 11) is -2.18. The molecule has 0 saturated carbocycles. The number of anilines is 1. The van der Waals surface area contributed by atoms with Crippen LogP contribution in [0.25, 0.3) is 0 Å². The Hall–Kier alpha value is -2.34. The predicted octanol–water partition coefficient (Wildman–Crippen LogP) is 2.75. The van der Waals surface area contributed by atoms with Gasteiger partial charge in [-0.15, -0.1) is 0 Å². The van der Waals surface area contributed by atoms with E-state index in [-0.39, 0.29) is 11.8 Å². The minimum absolute atomic E-state index is 0.0956. The highest BCUT2D eigenvalue weighted by molar-refractivity contribution is 7.92. The zero-order valence-corrected chi connectivity index (χ0v) is 14.4. The minimum Gasteiger partial charge on any atom is -0.465 e. The Morgan fingerprint density at radius 3 is 2.50 bits per heavy atom. The summed E-state index contributed by atoms with van der Waals surface area (Å²) >= 11 is 0. The maximum Gasteiger partial charge on any atom is 0.337 e. The Kier molecular flexibility index (Phi) is 4.32. The molecular formula is C18H19NO4S. The summed E-state index contributed by atoms with van der Waals surface area (Å²) in [5.74, 6) is -0.542. The molecule has 0 radical (unpaired) electrons. The third-order valence-electron chi connectivity index (χ3n) is 4.17. The van der Waals surface area contributed by atoms with Crippen molar-refractivity contribution < 1.29 is 17.9 Å². The van der Waals surface area contributed by atoms with Crippen LogP contribution < -0.4 is 4.31 Å². The maximum atomic E-state index is 12.9. The summed E-state index contributed by atoms with van der Waals surface area (Å²) in [5.41, 5.74) is 2.85. The van der Waals surface area contributed by atoms with E-state index in [1.807, 2.05) is 31.2 Å². The van der Waals surface area contributed by atoms with Crippen molar-refractivity contribution in [3.63, 3.8) is 0 Å². The first-order valence-electron chi connectivity index (χ1n) is 7.69. The molecule has 3 rings (SSSR count). The number of hydrogen-bond acceptors (Lipinski definition) is 4. The highest BCUT2D eigenvalue weighted by atomic mass is 32.2. The van der Waals surface area contributed by atoms with E-state index in [4.69, 9.17) is 0 Å². The molecule has 0 aliphatic carbocycles. The smallest absolute Gasteiger partial charge is 0.337 e. The molecule has 1 aliphatic rings. The van der Waals surface area contributed by atoms with E-state index in [2.05, 4.69) is 4.74 Å². The van der Waals surface area contributed by atoms with Gasteiger partial charge in [-0.2, -0.15) is 0 Å². The molecule has 126 valence electrons. The van der Waals surface area contributed by atoms with Gasteiger partial charge in [0.1, 0.15) is 0 Å². The molecular weight excluding hydrogens is 326 g/mol. The van der Waals surface area contributed by atoms with E-state index in [0.717, 1.165) is 17.7 Å². The number of sulfonamides is 1. The van der Waals surface area contributed by atoms with Crippen molar-refractivity contribution in [2.24, 2.45) is 0 Å².